The Balaban J connectivity index is 1.51. The molecule has 0 saturated carbocycles. The fraction of sp³-hybridized carbons (Fsp3) is 0.652. The Labute approximate surface area is 297 Å². The fourth-order valence-electron chi connectivity index (χ4n) is 4.27. The summed E-state index contributed by atoms with van der Waals surface area (Å²) in [7, 11) is -16.4. The molecule has 1 saturated heterocycles. The largest absolute Gasteiger partial charge is 0.481 e. The van der Waals surface area contributed by atoms with E-state index in [0.29, 0.717) is 11.8 Å². The van der Waals surface area contributed by atoms with Crippen molar-refractivity contribution in [1.29, 1.82) is 0 Å². The Morgan fingerprint density at radius 3 is 2.47 bits per heavy atom. The minimum atomic E-state index is -5.59. The van der Waals surface area contributed by atoms with Crippen LogP contribution in [0.15, 0.2) is 12.7 Å². The van der Waals surface area contributed by atoms with Crippen LogP contribution < -0.4 is 16.4 Å². The van der Waals surface area contributed by atoms with Gasteiger partial charge in [-0.1, -0.05) is 25.6 Å². The highest BCUT2D eigenvalue weighted by Crippen LogP contribution is 2.61. The van der Waals surface area contributed by atoms with E-state index in [0.717, 1.165) is 17.2 Å². The molecule has 2 aromatic rings. The molecule has 288 valence electrons. The Hall–Kier alpha value is -2.44. The van der Waals surface area contributed by atoms with Crippen molar-refractivity contribution in [2.75, 3.05) is 37.8 Å². The molecule has 7 atom stereocenters. The number of ether oxygens (including phenoxy) is 1. The third-order valence-electron chi connectivity index (χ3n) is 6.73. The van der Waals surface area contributed by atoms with Crippen LogP contribution in [0.2, 0.25) is 0 Å². The van der Waals surface area contributed by atoms with Gasteiger partial charge in [0.1, 0.15) is 36.3 Å². The van der Waals surface area contributed by atoms with Crippen LogP contribution in [0.1, 0.15) is 37.5 Å². The number of aliphatic hydroxyl groups is 2. The summed E-state index contributed by atoms with van der Waals surface area (Å²) >= 11 is 0.515. The van der Waals surface area contributed by atoms with Gasteiger partial charge < -0.3 is 50.9 Å². The second-order valence-electron chi connectivity index (χ2n) is 11.2. The number of carbonyl (C=O) groups is 3. The van der Waals surface area contributed by atoms with Crippen LogP contribution in [-0.4, -0.2) is 123 Å². The maximum Gasteiger partial charge on any atom is 0.481 e. The van der Waals surface area contributed by atoms with Gasteiger partial charge in [-0.3, -0.25) is 32.5 Å². The lowest BCUT2D eigenvalue weighted by Crippen LogP contribution is -2.46. The zero-order chi connectivity index (χ0) is 40.9. The van der Waals surface area contributed by atoms with Crippen molar-refractivity contribution in [1.82, 2.24) is 30.2 Å². The molecule has 3 rings (SSSR count). The lowest BCUT2D eigenvalue weighted by Gasteiger charge is -2.30. The summed E-state index contributed by atoms with van der Waals surface area (Å²) < 4.78 is 82.8. The van der Waals surface area contributed by atoms with Gasteiger partial charge in [0.25, 0.3) is 0 Å². The number of aliphatic hydroxyl groups excluding tert-OH is 2. The van der Waals surface area contributed by atoms with Crippen LogP contribution in [0, 0.1) is 5.41 Å². The molecule has 2 aromatic heterocycles. The van der Waals surface area contributed by atoms with Crippen molar-refractivity contribution < 1.29 is 84.6 Å². The molecule has 10 N–H and O–H groups in total. The lowest BCUT2D eigenvalue weighted by atomic mass is 9.87. The number of carbonyl (C=O) groups excluding carboxylic acids is 3. The third-order valence-corrected chi connectivity index (χ3v) is 10.5. The molecule has 2 amide bonds. The first-order valence-electron chi connectivity index (χ1n) is 15.8. The number of nitrogen functional groups attached to an aromatic ring is 1. The van der Waals surface area contributed by atoms with Crippen LogP contribution in [0.4, 0.5) is 5.82 Å². The minimum absolute atomic E-state index is 0.00929. The van der Waals surface area contributed by atoms with Gasteiger partial charge in [-0.2, -0.15) is 4.31 Å². The van der Waals surface area contributed by atoms with Gasteiger partial charge in [-0.25, -0.2) is 28.6 Å². The first kappa shape index (κ1) is 38.3. The van der Waals surface area contributed by atoms with E-state index in [1.165, 1.54) is 13.8 Å². The van der Waals surface area contributed by atoms with E-state index >= 15 is 0 Å². The summed E-state index contributed by atoms with van der Waals surface area (Å²) in [6.45, 7) is -2.75. The topological polar surface area (TPSA) is 364 Å². The number of imidazole rings is 1. The molecule has 0 aromatic carbocycles. The van der Waals surface area contributed by atoms with E-state index in [1.807, 2.05) is 0 Å². The third kappa shape index (κ3) is 12.9. The normalized spacial score (nSPS) is 23.7. The van der Waals surface area contributed by atoms with Crippen molar-refractivity contribution in [3.05, 3.63) is 12.7 Å². The molecule has 0 radical (unpaired) electrons. The molecule has 0 spiro atoms. The molecule has 7 unspecified atom stereocenters. The van der Waals surface area contributed by atoms with Gasteiger partial charge in [-0.15, -0.1) is 0 Å². The zero-order valence-corrected chi connectivity index (χ0v) is 30.1. The van der Waals surface area contributed by atoms with Crippen LogP contribution in [0.3, 0.4) is 0 Å². The van der Waals surface area contributed by atoms with Gasteiger partial charge >= 0.3 is 23.5 Å². The maximum absolute atomic E-state index is 12.6. The number of phosphoric ester groups is 3. The standard InChI is InChI=1S/C23H38N7O17P3S/c1-12(31)51-7-6-25-14(32)4-5-26-21(35)18(34)23(2,3)9-44-50(41,42)47-49(39,40)43-8-13-17(46-48(36,37)38)16(33)22(45-13)30-11-29-15-19(24)27-10-28-20(15)30/h10-11,13,16-18,22,33-34H,4-9H2,1-3H3,(H,25,32)(H,26,35)(H,39,40)(H,41,42)(H2,24,27,28)(H2,36,37,38)/i1T3. The number of nitrogens with one attached hydrogen (secondary N) is 2. The average molecular weight is 816 g/mol. The van der Waals surface area contributed by atoms with E-state index in [4.69, 9.17) is 23.6 Å². The van der Waals surface area contributed by atoms with Gasteiger partial charge in [-0.05, 0) is 0 Å². The number of phosphoric acid groups is 3. The van der Waals surface area contributed by atoms with E-state index in [9.17, 15) is 57.9 Å². The molecular weight excluding hydrogens is 771 g/mol. The van der Waals surface area contributed by atoms with E-state index in [-0.39, 0.29) is 42.2 Å². The molecule has 3 heterocycles. The SMILES string of the molecule is [3H]C([3H])([3H])C(=O)SCCNC(=O)CCNC(=O)C(O)C(C)(C)COP(=O)(O)OP(=O)(O)OCC1OC(n2cnc3c(N)ncnc32)C(O)C1OP(=O)(O)O. The number of hydrogen-bond acceptors (Lipinski definition) is 18. The number of amides is 2. The maximum atomic E-state index is 12.6. The van der Waals surface area contributed by atoms with Crippen molar-refractivity contribution in [3.8, 4) is 0 Å². The van der Waals surface area contributed by atoms with E-state index in [1.54, 1.807) is 0 Å². The van der Waals surface area contributed by atoms with Crippen LogP contribution in [0.25, 0.3) is 11.2 Å². The predicted molar refractivity (Wildman–Crippen MR) is 173 cm³/mol. The number of nitrogens with zero attached hydrogens (tertiary/aromatic N) is 4. The number of rotatable bonds is 19. The van der Waals surface area contributed by atoms with Crippen molar-refractivity contribution in [2.24, 2.45) is 5.41 Å². The van der Waals surface area contributed by atoms with E-state index < -0.39 is 96.5 Å². The van der Waals surface area contributed by atoms with Crippen molar-refractivity contribution in [2.45, 2.75) is 57.8 Å². The highest BCUT2D eigenvalue weighted by Gasteiger charge is 2.50. The summed E-state index contributed by atoms with van der Waals surface area (Å²) in [6.07, 6.45) is -7.16. The van der Waals surface area contributed by atoms with Gasteiger partial charge in [0, 0.05) is 41.6 Å². The van der Waals surface area contributed by atoms with Crippen LogP contribution >= 0.6 is 35.2 Å². The quantitative estimate of drug-likeness (QED) is 0.0586. The molecule has 0 bridgehead atoms. The zero-order valence-electron chi connectivity index (χ0n) is 29.6. The number of fused-ring (bicyclic) bond motifs is 1. The number of thioether (sulfide) groups is 1. The average Bonchev–Trinajstić information content (AvgIpc) is 3.60. The lowest BCUT2D eigenvalue weighted by molar-refractivity contribution is -0.137. The number of hydrogen-bond donors (Lipinski definition) is 9. The molecular formula is C23H38N7O17P3S. The Morgan fingerprint density at radius 2 is 1.80 bits per heavy atom. The van der Waals surface area contributed by atoms with Crippen LogP contribution in [-0.2, 0) is 50.7 Å². The molecule has 1 aliphatic rings. The monoisotopic (exact) mass is 815 g/mol. The minimum Gasteiger partial charge on any atom is -0.386 e. The molecule has 0 aliphatic carbocycles. The Morgan fingerprint density at radius 1 is 1.12 bits per heavy atom. The van der Waals surface area contributed by atoms with Gasteiger partial charge in [0.15, 0.2) is 22.8 Å². The summed E-state index contributed by atoms with van der Waals surface area (Å²) in [5, 5.41) is 25.0. The summed E-state index contributed by atoms with van der Waals surface area (Å²) in [6, 6.07) is 0. The second-order valence-corrected chi connectivity index (χ2v) is 16.5. The predicted octanol–water partition coefficient (Wildman–Crippen LogP) is -1.32. The Kier molecular flexibility index (Phi) is 13.2. The molecule has 1 fully saturated rings. The number of aromatic nitrogens is 4. The molecule has 28 heteroatoms. The Bertz CT molecular complexity index is 1820. The fourth-order valence-corrected chi connectivity index (χ4v) is 7.49. The first-order chi connectivity index (χ1) is 24.7. The van der Waals surface area contributed by atoms with E-state index in [2.05, 4.69) is 34.4 Å². The second kappa shape index (κ2) is 17.6. The molecule has 51 heavy (non-hydrogen) atoms. The summed E-state index contributed by atoms with van der Waals surface area (Å²) in [5.41, 5.74) is 4.18. The summed E-state index contributed by atoms with van der Waals surface area (Å²) in [4.78, 5) is 86.5. The van der Waals surface area contributed by atoms with Gasteiger partial charge in [0.05, 0.1) is 19.5 Å². The van der Waals surface area contributed by atoms with Gasteiger partial charge in [0.2, 0.25) is 11.8 Å². The first-order valence-corrected chi connectivity index (χ1v) is 19.8. The smallest absolute Gasteiger partial charge is 0.386 e. The molecule has 24 nitrogen and oxygen atoms in total. The van der Waals surface area contributed by atoms with Crippen molar-refractivity contribution in [3.63, 3.8) is 0 Å². The highest BCUT2D eigenvalue weighted by molar-refractivity contribution is 8.13. The van der Waals surface area contributed by atoms with Crippen molar-refractivity contribution >= 4 is 69.1 Å². The summed E-state index contributed by atoms with van der Waals surface area (Å²) in [5.74, 6) is -1.67. The number of anilines is 1. The molecule has 1 aliphatic heterocycles. The number of nitrogens with two attached hydrogens (primary N) is 1. The van der Waals surface area contributed by atoms with Crippen LogP contribution in [0.5, 0.6) is 0 Å². The highest BCUT2D eigenvalue weighted by atomic mass is 32.2.